The second-order valence-corrected chi connectivity index (χ2v) is 3.48. The summed E-state index contributed by atoms with van der Waals surface area (Å²) in [5.74, 6) is -1.10. The van der Waals surface area contributed by atoms with E-state index in [1.54, 1.807) is 0 Å². The highest BCUT2D eigenvalue weighted by Crippen LogP contribution is 2.26. The first-order valence-corrected chi connectivity index (χ1v) is 4.38. The van der Waals surface area contributed by atoms with Crippen molar-refractivity contribution in [2.45, 2.75) is 19.1 Å². The van der Waals surface area contributed by atoms with Crippen LogP contribution in [-0.4, -0.2) is 29.0 Å². The van der Waals surface area contributed by atoms with Gasteiger partial charge < -0.3 is 4.90 Å². The summed E-state index contributed by atoms with van der Waals surface area (Å²) in [6, 6.07) is -0.00714. The van der Waals surface area contributed by atoms with Gasteiger partial charge in [-0.3, -0.25) is 0 Å². The van der Waals surface area contributed by atoms with E-state index < -0.39 is 12.0 Å². The quantitative estimate of drug-likeness (QED) is 0.762. The fourth-order valence-corrected chi connectivity index (χ4v) is 0.998. The molecule has 1 atom stereocenters. The normalized spacial score (nSPS) is 14.3. The van der Waals surface area contributed by atoms with Gasteiger partial charge in [0.2, 0.25) is 5.82 Å². The Kier molecular flexibility index (Phi) is 3.28. The van der Waals surface area contributed by atoms with Crippen LogP contribution in [0.5, 0.6) is 0 Å². The molecule has 1 rings (SSSR count). The lowest BCUT2D eigenvalue weighted by atomic mass is 10.2. The molecule has 0 aromatic carbocycles. The zero-order valence-electron chi connectivity index (χ0n) is 8.71. The molecular formula is C9H12F3N3. The molecule has 0 aliphatic carbocycles. The summed E-state index contributed by atoms with van der Waals surface area (Å²) >= 11 is 0. The summed E-state index contributed by atoms with van der Waals surface area (Å²) in [7, 11) is 3.67. The van der Waals surface area contributed by atoms with Crippen LogP contribution in [0.2, 0.25) is 0 Å². The van der Waals surface area contributed by atoms with E-state index in [0.29, 0.717) is 5.56 Å². The molecule has 0 bridgehead atoms. The average molecular weight is 219 g/mol. The van der Waals surface area contributed by atoms with E-state index in [-0.39, 0.29) is 6.04 Å². The molecule has 84 valence electrons. The van der Waals surface area contributed by atoms with Crippen molar-refractivity contribution in [1.29, 1.82) is 0 Å². The van der Waals surface area contributed by atoms with Crippen LogP contribution >= 0.6 is 0 Å². The van der Waals surface area contributed by atoms with Crippen molar-refractivity contribution in [1.82, 2.24) is 14.9 Å². The minimum Gasteiger partial charge on any atom is -0.303 e. The molecule has 0 saturated heterocycles. The van der Waals surface area contributed by atoms with Gasteiger partial charge in [-0.1, -0.05) is 0 Å². The van der Waals surface area contributed by atoms with Gasteiger partial charge in [0.1, 0.15) is 0 Å². The lowest BCUT2D eigenvalue weighted by molar-refractivity contribution is -0.145. The first kappa shape index (κ1) is 11.9. The molecule has 1 heterocycles. The van der Waals surface area contributed by atoms with Gasteiger partial charge >= 0.3 is 6.18 Å². The number of halogens is 3. The third kappa shape index (κ3) is 2.89. The highest BCUT2D eigenvalue weighted by atomic mass is 19.4. The Balaban J connectivity index is 2.91. The lowest BCUT2D eigenvalue weighted by Gasteiger charge is -2.19. The Labute approximate surface area is 86.0 Å². The molecule has 0 aliphatic heterocycles. The largest absolute Gasteiger partial charge is 0.451 e. The minimum atomic E-state index is -4.47. The van der Waals surface area contributed by atoms with Gasteiger partial charge in [0.15, 0.2) is 0 Å². The molecule has 3 nitrogen and oxygen atoms in total. The number of aromatic nitrogens is 2. The molecule has 0 fully saturated rings. The third-order valence-corrected chi connectivity index (χ3v) is 2.18. The topological polar surface area (TPSA) is 29.0 Å². The molecule has 1 aromatic heterocycles. The standard InChI is InChI=1S/C9H12F3N3/c1-6(15(2)3)7-4-13-8(14-5-7)9(10,11)12/h4-6H,1-3H3. The van der Waals surface area contributed by atoms with Crippen molar-refractivity contribution < 1.29 is 13.2 Å². The number of rotatable bonds is 2. The average Bonchev–Trinajstić information content (AvgIpc) is 2.15. The molecule has 1 aromatic rings. The van der Waals surface area contributed by atoms with Crippen LogP contribution in [0.25, 0.3) is 0 Å². The molecule has 0 saturated carbocycles. The van der Waals surface area contributed by atoms with Crippen molar-refractivity contribution in [2.24, 2.45) is 0 Å². The second kappa shape index (κ2) is 4.14. The molecule has 1 unspecified atom stereocenters. The Hall–Kier alpha value is -1.17. The zero-order chi connectivity index (χ0) is 11.6. The van der Waals surface area contributed by atoms with Crippen molar-refractivity contribution in [2.75, 3.05) is 14.1 Å². The first-order valence-electron chi connectivity index (χ1n) is 4.38. The molecule has 0 radical (unpaired) electrons. The van der Waals surface area contributed by atoms with Crippen LogP contribution in [0.3, 0.4) is 0 Å². The van der Waals surface area contributed by atoms with Crippen LogP contribution in [0, 0.1) is 0 Å². The summed E-state index contributed by atoms with van der Waals surface area (Å²) in [5.41, 5.74) is 0.660. The molecular weight excluding hydrogens is 207 g/mol. The monoisotopic (exact) mass is 219 g/mol. The number of nitrogens with zero attached hydrogens (tertiary/aromatic N) is 3. The Morgan fingerprint density at radius 1 is 1.20 bits per heavy atom. The van der Waals surface area contributed by atoms with E-state index >= 15 is 0 Å². The fourth-order valence-electron chi connectivity index (χ4n) is 0.998. The summed E-state index contributed by atoms with van der Waals surface area (Å²) in [5, 5.41) is 0. The molecule has 0 aliphatic rings. The number of alkyl halides is 3. The van der Waals surface area contributed by atoms with Crippen molar-refractivity contribution in [3.05, 3.63) is 23.8 Å². The fraction of sp³-hybridized carbons (Fsp3) is 0.556. The second-order valence-electron chi connectivity index (χ2n) is 3.48. The van der Waals surface area contributed by atoms with Gasteiger partial charge in [0, 0.05) is 24.0 Å². The molecule has 15 heavy (non-hydrogen) atoms. The smallest absolute Gasteiger partial charge is 0.303 e. The predicted octanol–water partition coefficient (Wildman–Crippen LogP) is 2.12. The first-order chi connectivity index (χ1) is 6.82. The van der Waals surface area contributed by atoms with Crippen LogP contribution in [0.1, 0.15) is 24.4 Å². The van der Waals surface area contributed by atoms with E-state index in [4.69, 9.17) is 0 Å². The Bertz CT molecular complexity index is 318. The van der Waals surface area contributed by atoms with Gasteiger partial charge in [0.05, 0.1) is 0 Å². The maximum atomic E-state index is 12.1. The van der Waals surface area contributed by atoms with E-state index in [1.807, 2.05) is 25.9 Å². The highest BCUT2D eigenvalue weighted by Gasteiger charge is 2.34. The zero-order valence-corrected chi connectivity index (χ0v) is 8.71. The minimum absolute atomic E-state index is 0.00714. The predicted molar refractivity (Wildman–Crippen MR) is 49.1 cm³/mol. The molecule has 0 spiro atoms. The maximum Gasteiger partial charge on any atom is 0.451 e. The van der Waals surface area contributed by atoms with Crippen LogP contribution in [0.15, 0.2) is 12.4 Å². The number of hydrogen-bond acceptors (Lipinski definition) is 3. The van der Waals surface area contributed by atoms with E-state index in [0.717, 1.165) is 0 Å². The number of hydrogen-bond donors (Lipinski definition) is 0. The van der Waals surface area contributed by atoms with Gasteiger partial charge in [-0.2, -0.15) is 13.2 Å². The summed E-state index contributed by atoms with van der Waals surface area (Å²) in [6.07, 6.45) is -2.05. The Morgan fingerprint density at radius 3 is 2.00 bits per heavy atom. The summed E-state index contributed by atoms with van der Waals surface area (Å²) < 4.78 is 36.4. The summed E-state index contributed by atoms with van der Waals surface area (Å²) in [4.78, 5) is 8.45. The van der Waals surface area contributed by atoms with E-state index in [2.05, 4.69) is 9.97 Å². The van der Waals surface area contributed by atoms with Crippen molar-refractivity contribution in [3.8, 4) is 0 Å². The van der Waals surface area contributed by atoms with Crippen LogP contribution in [-0.2, 0) is 6.18 Å². The molecule has 6 heteroatoms. The highest BCUT2D eigenvalue weighted by molar-refractivity contribution is 5.10. The molecule has 0 amide bonds. The van der Waals surface area contributed by atoms with E-state index in [1.165, 1.54) is 12.4 Å². The Morgan fingerprint density at radius 2 is 1.67 bits per heavy atom. The third-order valence-electron chi connectivity index (χ3n) is 2.18. The maximum absolute atomic E-state index is 12.1. The van der Waals surface area contributed by atoms with Gasteiger partial charge in [-0.05, 0) is 21.0 Å². The van der Waals surface area contributed by atoms with Gasteiger partial charge in [-0.15, -0.1) is 0 Å². The van der Waals surface area contributed by atoms with Crippen molar-refractivity contribution in [3.63, 3.8) is 0 Å². The van der Waals surface area contributed by atoms with Gasteiger partial charge in [0.25, 0.3) is 0 Å². The molecule has 0 N–H and O–H groups in total. The van der Waals surface area contributed by atoms with Crippen molar-refractivity contribution >= 4 is 0 Å². The van der Waals surface area contributed by atoms with E-state index in [9.17, 15) is 13.2 Å². The summed E-state index contributed by atoms with van der Waals surface area (Å²) in [6.45, 7) is 1.87. The SMILES string of the molecule is CC(c1cnc(C(F)(F)F)nc1)N(C)C. The van der Waals surface area contributed by atoms with Crippen LogP contribution < -0.4 is 0 Å². The lowest BCUT2D eigenvalue weighted by Crippen LogP contribution is -2.18. The van der Waals surface area contributed by atoms with Crippen LogP contribution in [0.4, 0.5) is 13.2 Å². The van der Waals surface area contributed by atoms with Gasteiger partial charge in [-0.25, -0.2) is 9.97 Å².